The van der Waals surface area contributed by atoms with E-state index in [2.05, 4.69) is 53.2 Å². The lowest BCUT2D eigenvalue weighted by atomic mass is 9.75. The molecule has 1 aromatic heterocycles. The molecule has 21 heavy (non-hydrogen) atoms. The maximum absolute atomic E-state index is 5.89. The van der Waals surface area contributed by atoms with Gasteiger partial charge < -0.3 is 0 Å². The summed E-state index contributed by atoms with van der Waals surface area (Å²) in [7, 11) is 0. The fourth-order valence-electron chi connectivity index (χ4n) is 3.07. The summed E-state index contributed by atoms with van der Waals surface area (Å²) in [6.07, 6.45) is 4.28. The first-order valence-corrected chi connectivity index (χ1v) is 7.92. The largest absolute Gasteiger partial charge is 0.299 e. The van der Waals surface area contributed by atoms with Crippen molar-refractivity contribution < 1.29 is 0 Å². The maximum atomic E-state index is 5.89. The van der Waals surface area contributed by atoms with Crippen LogP contribution in [0.25, 0.3) is 0 Å². The van der Waals surface area contributed by atoms with E-state index in [-0.39, 0.29) is 5.41 Å². The highest BCUT2D eigenvalue weighted by molar-refractivity contribution is 6.29. The molecule has 3 heteroatoms. The van der Waals surface area contributed by atoms with Crippen molar-refractivity contribution in [1.82, 2.24) is 9.88 Å². The normalized spacial score (nSPS) is 18.6. The molecule has 1 fully saturated rings. The fourth-order valence-corrected chi connectivity index (χ4v) is 3.18. The summed E-state index contributed by atoms with van der Waals surface area (Å²) in [4.78, 5) is 6.78. The van der Waals surface area contributed by atoms with Gasteiger partial charge in [-0.2, -0.15) is 0 Å². The number of rotatable bonds is 3. The molecule has 2 nitrogen and oxygen atoms in total. The Hall–Kier alpha value is -1.38. The molecule has 0 N–H and O–H groups in total. The number of piperidine rings is 1. The average molecular weight is 301 g/mol. The van der Waals surface area contributed by atoms with Crippen LogP contribution in [0.3, 0.4) is 0 Å². The third kappa shape index (κ3) is 3.45. The lowest BCUT2D eigenvalue weighted by Crippen LogP contribution is -2.40. The lowest BCUT2D eigenvalue weighted by molar-refractivity contribution is 0.162. The monoisotopic (exact) mass is 300 g/mol. The number of aromatic nitrogens is 1. The predicted octanol–water partition coefficient (Wildman–Crippen LogP) is 4.29. The zero-order valence-corrected chi connectivity index (χ0v) is 13.2. The van der Waals surface area contributed by atoms with Gasteiger partial charge in [0.1, 0.15) is 5.15 Å². The molecule has 2 aromatic rings. The second-order valence-corrected chi connectivity index (χ2v) is 6.58. The highest BCUT2D eigenvalue weighted by Gasteiger charge is 2.31. The molecule has 2 heterocycles. The minimum atomic E-state index is 0.227. The molecule has 0 spiro atoms. The Kier molecular flexibility index (Phi) is 4.27. The number of pyridine rings is 1. The molecule has 0 bridgehead atoms. The molecule has 3 rings (SSSR count). The van der Waals surface area contributed by atoms with Crippen LogP contribution in [0.4, 0.5) is 0 Å². The van der Waals surface area contributed by atoms with E-state index in [9.17, 15) is 0 Å². The second-order valence-electron chi connectivity index (χ2n) is 6.19. The number of hydrogen-bond acceptors (Lipinski definition) is 2. The zero-order valence-electron chi connectivity index (χ0n) is 12.4. The predicted molar refractivity (Wildman–Crippen MR) is 87.6 cm³/mol. The number of benzene rings is 1. The average Bonchev–Trinajstić information content (AvgIpc) is 2.51. The van der Waals surface area contributed by atoms with Crippen molar-refractivity contribution in [3.05, 3.63) is 64.9 Å². The van der Waals surface area contributed by atoms with Crippen LogP contribution < -0.4 is 0 Å². The Balaban J connectivity index is 1.63. The molecular formula is C18H21ClN2. The van der Waals surface area contributed by atoms with E-state index in [1.165, 1.54) is 24.0 Å². The number of halogens is 1. The molecule has 0 unspecified atom stereocenters. The molecule has 1 saturated heterocycles. The lowest BCUT2D eigenvalue weighted by Gasteiger charge is -2.39. The van der Waals surface area contributed by atoms with Crippen molar-refractivity contribution in [2.24, 2.45) is 0 Å². The Bertz CT molecular complexity index is 572. The topological polar surface area (TPSA) is 16.1 Å². The van der Waals surface area contributed by atoms with Gasteiger partial charge in [-0.15, -0.1) is 0 Å². The third-order valence-corrected chi connectivity index (χ3v) is 4.86. The minimum absolute atomic E-state index is 0.227. The smallest absolute Gasteiger partial charge is 0.129 e. The van der Waals surface area contributed by atoms with Crippen molar-refractivity contribution >= 4 is 11.6 Å². The Labute approximate surface area is 131 Å². The molecule has 0 radical (unpaired) electrons. The quantitative estimate of drug-likeness (QED) is 0.786. The summed E-state index contributed by atoms with van der Waals surface area (Å²) in [5.41, 5.74) is 2.94. The van der Waals surface area contributed by atoms with E-state index in [0.717, 1.165) is 19.6 Å². The molecule has 0 atom stereocenters. The van der Waals surface area contributed by atoms with Crippen LogP contribution >= 0.6 is 11.6 Å². The van der Waals surface area contributed by atoms with E-state index in [1.54, 1.807) is 0 Å². The van der Waals surface area contributed by atoms with Crippen molar-refractivity contribution in [3.63, 3.8) is 0 Å². The van der Waals surface area contributed by atoms with Gasteiger partial charge in [-0.25, -0.2) is 4.98 Å². The summed E-state index contributed by atoms with van der Waals surface area (Å²) in [5, 5.41) is 0.573. The second kappa shape index (κ2) is 6.17. The minimum Gasteiger partial charge on any atom is -0.299 e. The van der Waals surface area contributed by atoms with Gasteiger partial charge >= 0.3 is 0 Å². The van der Waals surface area contributed by atoms with E-state index in [4.69, 9.17) is 11.6 Å². The first-order valence-electron chi connectivity index (χ1n) is 7.54. The number of likely N-dealkylation sites (tertiary alicyclic amines) is 1. The van der Waals surface area contributed by atoms with E-state index < -0.39 is 0 Å². The molecule has 1 aromatic carbocycles. The van der Waals surface area contributed by atoms with Gasteiger partial charge in [0, 0.05) is 12.7 Å². The molecule has 0 aliphatic carbocycles. The molecule has 0 saturated carbocycles. The number of nitrogens with zero attached hydrogens (tertiary/aromatic N) is 2. The van der Waals surface area contributed by atoms with Gasteiger partial charge in [-0.1, -0.05) is 54.9 Å². The van der Waals surface area contributed by atoms with Crippen LogP contribution in [0.1, 0.15) is 30.9 Å². The van der Waals surface area contributed by atoms with Gasteiger partial charge in [0.2, 0.25) is 0 Å². The summed E-state index contributed by atoms with van der Waals surface area (Å²) in [6.45, 7) is 5.66. The highest BCUT2D eigenvalue weighted by Crippen LogP contribution is 2.35. The molecule has 1 aliphatic rings. The van der Waals surface area contributed by atoms with Crippen molar-refractivity contribution in [1.29, 1.82) is 0 Å². The van der Waals surface area contributed by atoms with Crippen molar-refractivity contribution in [3.8, 4) is 0 Å². The fraction of sp³-hybridized carbons (Fsp3) is 0.389. The molecule has 0 amide bonds. The van der Waals surface area contributed by atoms with E-state index >= 15 is 0 Å². The van der Waals surface area contributed by atoms with Crippen LogP contribution in [0.5, 0.6) is 0 Å². The van der Waals surface area contributed by atoms with Crippen molar-refractivity contribution in [2.45, 2.75) is 31.7 Å². The first kappa shape index (κ1) is 14.6. The SMILES string of the molecule is CC1(c2ccc(Cl)nc2)CCN(Cc2ccccc2)CC1. The summed E-state index contributed by atoms with van der Waals surface area (Å²) in [5.74, 6) is 0. The van der Waals surface area contributed by atoms with Crippen LogP contribution in [0, 0.1) is 0 Å². The molecule has 110 valence electrons. The van der Waals surface area contributed by atoms with Gasteiger partial charge in [-0.05, 0) is 48.5 Å². The van der Waals surface area contributed by atoms with E-state index in [1.807, 2.05) is 12.3 Å². The van der Waals surface area contributed by atoms with E-state index in [0.29, 0.717) is 5.15 Å². The Morgan fingerprint density at radius 2 is 1.81 bits per heavy atom. The molecular weight excluding hydrogens is 280 g/mol. The summed E-state index contributed by atoms with van der Waals surface area (Å²) >= 11 is 5.89. The highest BCUT2D eigenvalue weighted by atomic mass is 35.5. The molecule has 1 aliphatic heterocycles. The first-order chi connectivity index (χ1) is 10.2. The maximum Gasteiger partial charge on any atom is 0.129 e. The summed E-state index contributed by atoms with van der Waals surface area (Å²) < 4.78 is 0. The Morgan fingerprint density at radius 3 is 2.43 bits per heavy atom. The van der Waals surface area contributed by atoms with Gasteiger partial charge in [0.05, 0.1) is 0 Å². The standard InChI is InChI=1S/C18H21ClN2/c1-18(16-7-8-17(19)20-13-16)9-11-21(12-10-18)14-15-5-3-2-4-6-15/h2-8,13H,9-12,14H2,1H3. The van der Waals surface area contributed by atoms with Crippen LogP contribution in [0.15, 0.2) is 48.7 Å². The number of hydrogen-bond donors (Lipinski definition) is 0. The van der Waals surface area contributed by atoms with Crippen molar-refractivity contribution in [2.75, 3.05) is 13.1 Å². The van der Waals surface area contributed by atoms with Crippen LogP contribution in [-0.2, 0) is 12.0 Å². The van der Waals surface area contributed by atoms with Gasteiger partial charge in [-0.3, -0.25) is 4.90 Å². The van der Waals surface area contributed by atoms with Gasteiger partial charge in [0.15, 0.2) is 0 Å². The Morgan fingerprint density at radius 1 is 1.10 bits per heavy atom. The van der Waals surface area contributed by atoms with Crippen LogP contribution in [0.2, 0.25) is 5.15 Å². The third-order valence-electron chi connectivity index (χ3n) is 4.63. The zero-order chi connectivity index (χ0) is 14.7. The van der Waals surface area contributed by atoms with Gasteiger partial charge in [0.25, 0.3) is 0 Å². The summed E-state index contributed by atoms with van der Waals surface area (Å²) in [6, 6.07) is 14.7. The van der Waals surface area contributed by atoms with Crippen LogP contribution in [-0.4, -0.2) is 23.0 Å².